The van der Waals surface area contributed by atoms with E-state index in [0.717, 1.165) is 0 Å². The van der Waals surface area contributed by atoms with E-state index >= 15 is 0 Å². The van der Waals surface area contributed by atoms with E-state index < -0.39 is 11.8 Å². The van der Waals surface area contributed by atoms with Gasteiger partial charge in [0, 0.05) is 5.56 Å². The summed E-state index contributed by atoms with van der Waals surface area (Å²) in [7, 11) is 3.09. The first-order valence-electron chi connectivity index (χ1n) is 7.93. The molecule has 0 unspecified atom stereocenters. The molecule has 0 atom stereocenters. The summed E-state index contributed by atoms with van der Waals surface area (Å²) in [6.07, 6.45) is 0. The molecule has 0 aliphatic heterocycles. The number of rotatable bonds is 6. The van der Waals surface area contributed by atoms with Crippen LogP contribution in [0, 0.1) is 0 Å². The Balaban J connectivity index is 1.75. The van der Waals surface area contributed by atoms with Crippen molar-refractivity contribution in [3.63, 3.8) is 0 Å². The van der Waals surface area contributed by atoms with Gasteiger partial charge in [-0.15, -0.1) is 0 Å². The standard InChI is InChI=1S/C18H18BrN3O5S/c1-25-12-4-6-13(7-5-12)27-10-16(23)21-22-18(28)20-17(24)11-3-8-15(26-2)14(19)9-11/h3-9H,10H2,1-2H3,(H,21,23)(H2,20,22,24,28). The highest BCUT2D eigenvalue weighted by atomic mass is 79.9. The minimum Gasteiger partial charge on any atom is -0.497 e. The lowest BCUT2D eigenvalue weighted by Crippen LogP contribution is -2.49. The van der Waals surface area contributed by atoms with Gasteiger partial charge in [0.15, 0.2) is 11.7 Å². The monoisotopic (exact) mass is 467 g/mol. The number of hydrogen-bond acceptors (Lipinski definition) is 6. The molecule has 0 bridgehead atoms. The number of hydrogen-bond donors (Lipinski definition) is 3. The van der Waals surface area contributed by atoms with Crippen LogP contribution in [0.25, 0.3) is 0 Å². The van der Waals surface area contributed by atoms with Crippen molar-refractivity contribution in [2.24, 2.45) is 0 Å². The minimum atomic E-state index is -0.473. The van der Waals surface area contributed by atoms with Gasteiger partial charge in [0.2, 0.25) is 0 Å². The molecule has 0 aliphatic rings. The highest BCUT2D eigenvalue weighted by Crippen LogP contribution is 2.25. The zero-order chi connectivity index (χ0) is 20.5. The zero-order valence-corrected chi connectivity index (χ0v) is 17.5. The van der Waals surface area contributed by atoms with Crippen LogP contribution in [0.5, 0.6) is 17.2 Å². The molecule has 2 rings (SSSR count). The molecule has 0 saturated heterocycles. The molecule has 0 fully saturated rings. The van der Waals surface area contributed by atoms with Crippen LogP contribution in [0.3, 0.4) is 0 Å². The summed E-state index contributed by atoms with van der Waals surface area (Å²) in [5.41, 5.74) is 5.14. The summed E-state index contributed by atoms with van der Waals surface area (Å²) in [5.74, 6) is 0.880. The first-order valence-corrected chi connectivity index (χ1v) is 9.13. The predicted octanol–water partition coefficient (Wildman–Crippen LogP) is 2.18. The molecule has 148 valence electrons. The van der Waals surface area contributed by atoms with Crippen LogP contribution in [-0.2, 0) is 4.79 Å². The molecule has 0 saturated carbocycles. The molecule has 8 nitrogen and oxygen atoms in total. The summed E-state index contributed by atoms with van der Waals surface area (Å²) in [6.45, 7) is -0.235. The van der Waals surface area contributed by atoms with Crippen molar-refractivity contribution >= 4 is 45.1 Å². The quantitative estimate of drug-likeness (QED) is 0.442. The van der Waals surface area contributed by atoms with Crippen molar-refractivity contribution in [1.29, 1.82) is 0 Å². The Morgan fingerprint density at radius 2 is 1.68 bits per heavy atom. The number of halogens is 1. The maximum Gasteiger partial charge on any atom is 0.276 e. The van der Waals surface area contributed by atoms with Gasteiger partial charge >= 0.3 is 0 Å². The number of methoxy groups -OCH3 is 2. The highest BCUT2D eigenvalue weighted by molar-refractivity contribution is 9.10. The maximum atomic E-state index is 12.2. The van der Waals surface area contributed by atoms with E-state index in [2.05, 4.69) is 32.1 Å². The van der Waals surface area contributed by atoms with Gasteiger partial charge in [-0.2, -0.15) is 0 Å². The fourth-order valence-corrected chi connectivity index (χ4v) is 2.68. The maximum absolute atomic E-state index is 12.2. The molecular formula is C18H18BrN3O5S. The molecule has 2 aromatic carbocycles. The highest BCUT2D eigenvalue weighted by Gasteiger charge is 2.11. The van der Waals surface area contributed by atoms with E-state index in [9.17, 15) is 9.59 Å². The van der Waals surface area contributed by atoms with Gasteiger partial charge in [-0.3, -0.25) is 25.8 Å². The first kappa shape index (κ1) is 21.5. The Hall–Kier alpha value is -2.85. The predicted molar refractivity (Wildman–Crippen MR) is 111 cm³/mol. The number of carbonyl (C=O) groups excluding carboxylic acids is 2. The Labute approximate surface area is 175 Å². The molecule has 0 aliphatic carbocycles. The Kier molecular flexibility index (Phi) is 8.02. The summed E-state index contributed by atoms with van der Waals surface area (Å²) in [4.78, 5) is 24.0. The van der Waals surface area contributed by atoms with Crippen molar-refractivity contribution in [3.8, 4) is 17.2 Å². The van der Waals surface area contributed by atoms with E-state index in [1.54, 1.807) is 49.6 Å². The number of nitrogens with one attached hydrogen (secondary N) is 3. The second-order valence-corrected chi connectivity index (χ2v) is 6.53. The fourth-order valence-electron chi connectivity index (χ4n) is 2.00. The van der Waals surface area contributed by atoms with Gasteiger partial charge in [0.25, 0.3) is 11.8 Å². The number of thiocarbonyl (C=S) groups is 1. The first-order chi connectivity index (χ1) is 13.4. The molecular weight excluding hydrogens is 450 g/mol. The summed E-state index contributed by atoms with van der Waals surface area (Å²) in [5, 5.41) is 2.39. The van der Waals surface area contributed by atoms with Gasteiger partial charge in [-0.1, -0.05) is 0 Å². The second-order valence-electron chi connectivity index (χ2n) is 5.27. The molecule has 0 heterocycles. The van der Waals surface area contributed by atoms with E-state index in [-0.39, 0.29) is 11.7 Å². The average molecular weight is 468 g/mol. The third-order valence-corrected chi connectivity index (χ3v) is 4.21. The van der Waals surface area contributed by atoms with Gasteiger partial charge in [-0.25, -0.2) is 0 Å². The molecule has 2 aromatic rings. The Morgan fingerprint density at radius 1 is 1.00 bits per heavy atom. The Morgan fingerprint density at radius 3 is 2.29 bits per heavy atom. The lowest BCUT2D eigenvalue weighted by Gasteiger charge is -2.12. The van der Waals surface area contributed by atoms with Crippen molar-refractivity contribution in [3.05, 3.63) is 52.5 Å². The van der Waals surface area contributed by atoms with Gasteiger partial charge < -0.3 is 14.2 Å². The molecule has 10 heteroatoms. The number of amides is 2. The molecule has 0 spiro atoms. The van der Waals surface area contributed by atoms with Crippen LogP contribution in [0.4, 0.5) is 0 Å². The number of hydrazine groups is 1. The van der Waals surface area contributed by atoms with Crippen molar-refractivity contribution < 1.29 is 23.8 Å². The summed E-state index contributed by atoms with van der Waals surface area (Å²) >= 11 is 8.29. The zero-order valence-electron chi connectivity index (χ0n) is 15.1. The van der Waals surface area contributed by atoms with Crippen molar-refractivity contribution in [2.45, 2.75) is 0 Å². The molecule has 3 N–H and O–H groups in total. The van der Waals surface area contributed by atoms with E-state index in [4.69, 9.17) is 26.4 Å². The van der Waals surface area contributed by atoms with Crippen LogP contribution >= 0.6 is 28.1 Å². The summed E-state index contributed by atoms with van der Waals surface area (Å²) in [6, 6.07) is 11.6. The molecule has 2 amide bonds. The van der Waals surface area contributed by atoms with Crippen LogP contribution in [0.15, 0.2) is 46.9 Å². The average Bonchev–Trinajstić information content (AvgIpc) is 2.70. The van der Waals surface area contributed by atoms with Crippen LogP contribution in [0.1, 0.15) is 10.4 Å². The summed E-state index contributed by atoms with van der Waals surface area (Å²) < 4.78 is 16.1. The van der Waals surface area contributed by atoms with Crippen molar-refractivity contribution in [2.75, 3.05) is 20.8 Å². The number of carbonyl (C=O) groups is 2. The smallest absolute Gasteiger partial charge is 0.276 e. The van der Waals surface area contributed by atoms with Gasteiger partial charge in [-0.05, 0) is 70.6 Å². The fraction of sp³-hybridized carbons (Fsp3) is 0.167. The van der Waals surface area contributed by atoms with E-state index in [1.165, 1.54) is 7.11 Å². The SMILES string of the molecule is COc1ccc(OCC(=O)NNC(=S)NC(=O)c2ccc(OC)c(Br)c2)cc1. The lowest BCUT2D eigenvalue weighted by molar-refractivity contribution is -0.123. The normalized spacial score (nSPS) is 9.82. The largest absolute Gasteiger partial charge is 0.497 e. The lowest BCUT2D eigenvalue weighted by atomic mass is 10.2. The van der Waals surface area contributed by atoms with Crippen LogP contribution in [-0.4, -0.2) is 37.8 Å². The third-order valence-electron chi connectivity index (χ3n) is 3.39. The molecule has 0 aromatic heterocycles. The van der Waals surface area contributed by atoms with Crippen LogP contribution < -0.4 is 30.4 Å². The topological polar surface area (TPSA) is 97.9 Å². The van der Waals surface area contributed by atoms with Gasteiger partial charge in [0.1, 0.15) is 17.2 Å². The van der Waals surface area contributed by atoms with Gasteiger partial charge in [0.05, 0.1) is 18.7 Å². The van der Waals surface area contributed by atoms with Crippen LogP contribution in [0.2, 0.25) is 0 Å². The third kappa shape index (κ3) is 6.39. The minimum absolute atomic E-state index is 0.0604. The van der Waals surface area contributed by atoms with Crippen molar-refractivity contribution in [1.82, 2.24) is 16.2 Å². The number of benzene rings is 2. The molecule has 28 heavy (non-hydrogen) atoms. The number of ether oxygens (including phenoxy) is 3. The van der Waals surface area contributed by atoms with E-state index in [0.29, 0.717) is 27.3 Å². The molecule has 0 radical (unpaired) electrons. The van der Waals surface area contributed by atoms with E-state index in [1.807, 2.05) is 0 Å². The Bertz CT molecular complexity index is 861. The second kappa shape index (κ2) is 10.5.